The van der Waals surface area contributed by atoms with Crippen molar-refractivity contribution >= 4 is 0 Å². The normalized spacial score (nSPS) is 17.6. The van der Waals surface area contributed by atoms with Gasteiger partial charge in [-0.1, -0.05) is 124 Å². The summed E-state index contributed by atoms with van der Waals surface area (Å²) >= 11 is 0. The Bertz CT molecular complexity index is 1460. The van der Waals surface area contributed by atoms with Crippen molar-refractivity contribution in [2.24, 2.45) is 0 Å². The highest BCUT2D eigenvalue weighted by atomic mass is 16.5. The van der Waals surface area contributed by atoms with Gasteiger partial charge >= 0.3 is 0 Å². The number of rotatable bonds is 4. The van der Waals surface area contributed by atoms with Crippen LogP contribution in [0.5, 0.6) is 23.0 Å². The predicted molar refractivity (Wildman–Crippen MR) is 218 cm³/mol. The number of para-hydroxylation sites is 3. The third-order valence-corrected chi connectivity index (χ3v) is 10.5. The summed E-state index contributed by atoms with van der Waals surface area (Å²) in [5.41, 5.74) is 2.56. The van der Waals surface area contributed by atoms with E-state index in [1.165, 1.54) is 128 Å². The molecular formula is C48H64O4. The molecule has 0 radical (unpaired) electrons. The van der Waals surface area contributed by atoms with E-state index in [1.807, 2.05) is 48.5 Å². The molecule has 4 heteroatoms. The molecule has 0 aliphatic heterocycles. The number of hydrogen-bond acceptors (Lipinski definition) is 4. The molecule has 0 heterocycles. The fraction of sp³-hybridized carbons (Fsp3) is 0.458. The van der Waals surface area contributed by atoms with Crippen LogP contribution in [0.15, 0.2) is 121 Å². The van der Waals surface area contributed by atoms with Crippen LogP contribution < -0.4 is 4.74 Å². The highest BCUT2D eigenvalue weighted by Crippen LogP contribution is 2.36. The smallest absolute Gasteiger partial charge is 0.119 e. The Balaban J connectivity index is 0.000000150. The maximum Gasteiger partial charge on any atom is 0.119 e. The van der Waals surface area contributed by atoms with E-state index in [0.717, 1.165) is 17.2 Å². The molecule has 0 atom stereocenters. The van der Waals surface area contributed by atoms with Crippen molar-refractivity contribution in [3.05, 3.63) is 132 Å². The molecule has 4 aromatic rings. The van der Waals surface area contributed by atoms with Crippen LogP contribution in [0, 0.1) is 0 Å². The summed E-state index contributed by atoms with van der Waals surface area (Å²) in [5.74, 6) is 3.55. The van der Waals surface area contributed by atoms with Crippen LogP contribution in [0.2, 0.25) is 0 Å². The van der Waals surface area contributed by atoms with Gasteiger partial charge in [0, 0.05) is 0 Å². The van der Waals surface area contributed by atoms with Crippen LogP contribution in [0.1, 0.15) is 145 Å². The lowest BCUT2D eigenvalue weighted by Gasteiger charge is -2.22. The van der Waals surface area contributed by atoms with Crippen molar-refractivity contribution in [1.29, 1.82) is 0 Å². The average molecular weight is 705 g/mol. The van der Waals surface area contributed by atoms with E-state index in [4.69, 9.17) is 14.9 Å². The zero-order valence-electron chi connectivity index (χ0n) is 31.5. The van der Waals surface area contributed by atoms with Gasteiger partial charge in [0.1, 0.15) is 23.0 Å². The van der Waals surface area contributed by atoms with Gasteiger partial charge in [-0.15, -0.1) is 0 Å². The first kappa shape index (κ1) is 40.6. The van der Waals surface area contributed by atoms with Crippen LogP contribution in [-0.4, -0.2) is 21.4 Å². The standard InChI is InChI=1S/3C12H16O.C6H6O.C6H10/c1-3-7-11(8-4-1)13-12-9-5-2-6-10-12;13-12-9-5-4-8-11(12)10-6-2-1-3-7-10;13-12-8-6-11(7-9-12)10-4-2-1-3-5-10;7-6-4-2-1-3-5-6;1-2-4-6-5-3-1/h1,3-4,7-8,12H,2,5-6,9-10H2;4-5,8-10,13H,1-3,6-7H2;6-10,13H,1-5H2;1-5,7H;1-2H,3-6H2. The zero-order valence-corrected chi connectivity index (χ0v) is 31.5. The molecule has 0 spiro atoms. The second kappa shape index (κ2) is 24.9. The molecule has 3 saturated carbocycles. The summed E-state index contributed by atoms with van der Waals surface area (Å²) in [6.07, 6.45) is 30.3. The Hall–Kier alpha value is -4.18. The molecule has 4 aliphatic carbocycles. The molecule has 8 rings (SSSR count). The van der Waals surface area contributed by atoms with E-state index in [1.54, 1.807) is 42.5 Å². The van der Waals surface area contributed by atoms with E-state index < -0.39 is 0 Å². The molecule has 3 N–H and O–H groups in total. The van der Waals surface area contributed by atoms with Crippen molar-refractivity contribution in [3.63, 3.8) is 0 Å². The Morgan fingerprint density at radius 1 is 0.404 bits per heavy atom. The summed E-state index contributed by atoms with van der Waals surface area (Å²) in [6.45, 7) is 0. The second-order valence-electron chi connectivity index (χ2n) is 14.6. The first-order valence-corrected chi connectivity index (χ1v) is 20.3. The number of allylic oxidation sites excluding steroid dienone is 2. The number of benzene rings is 4. The number of aromatic hydroxyl groups is 3. The van der Waals surface area contributed by atoms with Gasteiger partial charge in [0.25, 0.3) is 0 Å². The molecule has 4 aromatic carbocycles. The van der Waals surface area contributed by atoms with Crippen molar-refractivity contribution < 1.29 is 20.1 Å². The van der Waals surface area contributed by atoms with Crippen LogP contribution in [0.3, 0.4) is 0 Å². The summed E-state index contributed by atoms with van der Waals surface area (Å²) in [4.78, 5) is 0. The van der Waals surface area contributed by atoms with Crippen molar-refractivity contribution in [2.75, 3.05) is 0 Å². The largest absolute Gasteiger partial charge is 0.508 e. The molecule has 0 amide bonds. The van der Waals surface area contributed by atoms with Crippen LogP contribution in [0.4, 0.5) is 0 Å². The number of phenolic OH excluding ortho intramolecular Hbond substituents is 3. The zero-order chi connectivity index (χ0) is 36.5. The van der Waals surface area contributed by atoms with E-state index >= 15 is 0 Å². The van der Waals surface area contributed by atoms with Crippen molar-refractivity contribution in [3.8, 4) is 23.0 Å². The van der Waals surface area contributed by atoms with Crippen LogP contribution in [0.25, 0.3) is 0 Å². The SMILES string of the molecule is C1=CCCCC1.Oc1ccc(C2CCCCC2)cc1.Oc1ccccc1.Oc1ccccc1C1CCCCC1.c1ccc(OC2CCCCC2)cc1. The highest BCUT2D eigenvalue weighted by molar-refractivity contribution is 5.35. The Labute approximate surface area is 314 Å². The molecule has 280 valence electrons. The predicted octanol–water partition coefficient (Wildman–Crippen LogP) is 13.8. The fourth-order valence-corrected chi connectivity index (χ4v) is 7.49. The van der Waals surface area contributed by atoms with E-state index in [2.05, 4.69) is 30.4 Å². The first-order valence-electron chi connectivity index (χ1n) is 20.3. The van der Waals surface area contributed by atoms with Gasteiger partial charge in [0.15, 0.2) is 0 Å². The first-order chi connectivity index (χ1) is 25.6. The van der Waals surface area contributed by atoms with Crippen molar-refractivity contribution in [2.45, 2.75) is 140 Å². The quantitative estimate of drug-likeness (QED) is 0.185. The Morgan fingerprint density at radius 3 is 1.35 bits per heavy atom. The molecule has 4 nitrogen and oxygen atoms in total. The van der Waals surface area contributed by atoms with Gasteiger partial charge in [0.05, 0.1) is 6.10 Å². The molecule has 4 aliphatic rings. The van der Waals surface area contributed by atoms with Crippen molar-refractivity contribution in [1.82, 2.24) is 0 Å². The number of ether oxygens (including phenoxy) is 1. The Morgan fingerprint density at radius 2 is 0.865 bits per heavy atom. The fourth-order valence-electron chi connectivity index (χ4n) is 7.49. The summed E-state index contributed by atoms with van der Waals surface area (Å²) < 4.78 is 5.86. The maximum absolute atomic E-state index is 9.66. The van der Waals surface area contributed by atoms with E-state index in [0.29, 0.717) is 29.3 Å². The second-order valence-corrected chi connectivity index (χ2v) is 14.6. The minimum atomic E-state index is 0.322. The van der Waals surface area contributed by atoms with Gasteiger partial charge < -0.3 is 20.1 Å². The lowest BCUT2D eigenvalue weighted by Crippen LogP contribution is -2.19. The average Bonchev–Trinajstić information content (AvgIpc) is 3.22. The number of phenols is 3. The summed E-state index contributed by atoms with van der Waals surface area (Å²) in [6, 6.07) is 34.3. The summed E-state index contributed by atoms with van der Waals surface area (Å²) in [7, 11) is 0. The molecule has 0 unspecified atom stereocenters. The monoisotopic (exact) mass is 704 g/mol. The maximum atomic E-state index is 9.66. The minimum absolute atomic E-state index is 0.322. The summed E-state index contributed by atoms with van der Waals surface area (Å²) in [5, 5.41) is 27.5. The van der Waals surface area contributed by atoms with Crippen LogP contribution in [-0.2, 0) is 0 Å². The molecule has 3 fully saturated rings. The van der Waals surface area contributed by atoms with Gasteiger partial charge in [0.2, 0.25) is 0 Å². The van der Waals surface area contributed by atoms with Gasteiger partial charge in [-0.3, -0.25) is 0 Å². The highest BCUT2D eigenvalue weighted by Gasteiger charge is 2.18. The van der Waals surface area contributed by atoms with Gasteiger partial charge in [-0.25, -0.2) is 0 Å². The topological polar surface area (TPSA) is 69.9 Å². The van der Waals surface area contributed by atoms with Gasteiger partial charge in [-0.05, 0) is 142 Å². The van der Waals surface area contributed by atoms with Crippen LogP contribution >= 0.6 is 0 Å². The third kappa shape index (κ3) is 16.4. The molecule has 0 bridgehead atoms. The van der Waals surface area contributed by atoms with E-state index in [9.17, 15) is 5.11 Å². The molecular weight excluding hydrogens is 641 g/mol. The lowest BCUT2D eigenvalue weighted by atomic mass is 9.84. The number of hydrogen-bond donors (Lipinski definition) is 3. The van der Waals surface area contributed by atoms with Gasteiger partial charge in [-0.2, -0.15) is 0 Å². The molecule has 52 heavy (non-hydrogen) atoms. The Kier molecular flexibility index (Phi) is 19.4. The lowest BCUT2D eigenvalue weighted by molar-refractivity contribution is 0.155. The van der Waals surface area contributed by atoms with E-state index in [-0.39, 0.29) is 0 Å². The molecule has 0 saturated heterocycles. The third-order valence-electron chi connectivity index (χ3n) is 10.5. The minimum Gasteiger partial charge on any atom is -0.508 e. The molecule has 0 aromatic heterocycles.